The van der Waals surface area contributed by atoms with Crippen molar-refractivity contribution in [2.24, 2.45) is 0 Å². The maximum Gasteiger partial charge on any atom is -0.0184 e. The van der Waals surface area contributed by atoms with Crippen molar-refractivity contribution >= 4 is 0 Å². The molecule has 0 saturated carbocycles. The lowest BCUT2D eigenvalue weighted by molar-refractivity contribution is 0.992. The molecule has 0 aliphatic carbocycles. The highest BCUT2D eigenvalue weighted by molar-refractivity contribution is 5.14. The monoisotopic (exact) mass is 159 g/mol. The fourth-order valence-electron chi connectivity index (χ4n) is 1.12. The standard InChI is InChI=1S/C12H15/c1-2-3-4-6-9-12-10-7-5-8-11-12/h3-4,7-8,10-11H,2,6,9H2,1H3. The van der Waals surface area contributed by atoms with Crippen LogP contribution in [0.1, 0.15) is 25.3 Å². The van der Waals surface area contributed by atoms with E-state index in [9.17, 15) is 0 Å². The van der Waals surface area contributed by atoms with Gasteiger partial charge in [-0.15, -0.1) is 0 Å². The van der Waals surface area contributed by atoms with Gasteiger partial charge >= 0.3 is 0 Å². The molecule has 0 aromatic heterocycles. The Morgan fingerprint density at radius 1 is 1.25 bits per heavy atom. The van der Waals surface area contributed by atoms with Gasteiger partial charge in [-0.3, -0.25) is 0 Å². The normalized spacial score (nSPS) is 10.8. The summed E-state index contributed by atoms with van der Waals surface area (Å²) in [6.45, 7) is 2.16. The fourth-order valence-corrected chi connectivity index (χ4v) is 1.12. The average Bonchev–Trinajstić information content (AvgIpc) is 2.14. The first-order chi connectivity index (χ1) is 5.93. The number of hydrogen-bond donors (Lipinski definition) is 0. The molecule has 0 N–H and O–H groups in total. The summed E-state index contributed by atoms with van der Waals surface area (Å²) in [6, 6.07) is 11.2. The zero-order valence-electron chi connectivity index (χ0n) is 7.59. The van der Waals surface area contributed by atoms with E-state index < -0.39 is 0 Å². The summed E-state index contributed by atoms with van der Waals surface area (Å²) in [5.41, 5.74) is 1.40. The second-order valence-corrected chi connectivity index (χ2v) is 2.83. The van der Waals surface area contributed by atoms with Crippen LogP contribution in [-0.2, 0) is 6.42 Å². The first-order valence-electron chi connectivity index (χ1n) is 4.53. The zero-order chi connectivity index (χ0) is 8.65. The van der Waals surface area contributed by atoms with E-state index in [1.807, 2.05) is 12.1 Å². The molecule has 0 atom stereocenters. The number of hydrogen-bond acceptors (Lipinski definition) is 0. The molecule has 1 rings (SSSR count). The Hall–Kier alpha value is -1.04. The molecule has 0 aliphatic rings. The van der Waals surface area contributed by atoms with Crippen LogP contribution >= 0.6 is 0 Å². The first-order valence-corrected chi connectivity index (χ1v) is 4.53. The molecule has 0 heteroatoms. The smallest absolute Gasteiger partial charge is 0.0184 e. The van der Waals surface area contributed by atoms with Crippen molar-refractivity contribution in [1.82, 2.24) is 0 Å². The van der Waals surface area contributed by atoms with Crippen LogP contribution in [0.2, 0.25) is 0 Å². The van der Waals surface area contributed by atoms with Crippen molar-refractivity contribution < 1.29 is 0 Å². The summed E-state index contributed by atoms with van der Waals surface area (Å²) >= 11 is 0. The lowest BCUT2D eigenvalue weighted by atomic mass is 10.1. The van der Waals surface area contributed by atoms with E-state index in [0.717, 1.165) is 19.3 Å². The van der Waals surface area contributed by atoms with Gasteiger partial charge < -0.3 is 0 Å². The van der Waals surface area contributed by atoms with Crippen LogP contribution < -0.4 is 0 Å². The fraction of sp³-hybridized carbons (Fsp3) is 0.333. The Morgan fingerprint density at radius 3 is 2.67 bits per heavy atom. The van der Waals surface area contributed by atoms with E-state index in [1.165, 1.54) is 5.56 Å². The summed E-state index contributed by atoms with van der Waals surface area (Å²) in [5, 5.41) is 0. The Labute approximate surface area is 74.9 Å². The molecule has 1 aromatic carbocycles. The third-order valence-corrected chi connectivity index (χ3v) is 1.79. The average molecular weight is 159 g/mol. The Balaban J connectivity index is 2.29. The quantitative estimate of drug-likeness (QED) is 0.591. The lowest BCUT2D eigenvalue weighted by Gasteiger charge is -1.95. The van der Waals surface area contributed by atoms with E-state index >= 15 is 0 Å². The van der Waals surface area contributed by atoms with Crippen LogP contribution in [0.4, 0.5) is 0 Å². The molecular formula is C12H15. The molecule has 0 unspecified atom stereocenters. The summed E-state index contributed by atoms with van der Waals surface area (Å²) in [6.07, 6.45) is 7.90. The van der Waals surface area contributed by atoms with Crippen LogP contribution in [0.5, 0.6) is 0 Å². The molecule has 1 aromatic rings. The molecular weight excluding hydrogens is 144 g/mol. The minimum atomic E-state index is 1.14. The van der Waals surface area contributed by atoms with Crippen LogP contribution in [0.25, 0.3) is 0 Å². The predicted octanol–water partition coefficient (Wildman–Crippen LogP) is 3.39. The first kappa shape index (κ1) is 9.05. The number of benzene rings is 1. The second kappa shape index (κ2) is 5.59. The van der Waals surface area contributed by atoms with Crippen molar-refractivity contribution in [1.29, 1.82) is 0 Å². The molecule has 0 nitrogen and oxygen atoms in total. The SMILES string of the molecule is CCC=CCCc1cc[c]cc1. The van der Waals surface area contributed by atoms with Gasteiger partial charge in [-0.25, -0.2) is 0 Å². The third-order valence-electron chi connectivity index (χ3n) is 1.79. The van der Waals surface area contributed by atoms with Gasteiger partial charge in [0.2, 0.25) is 0 Å². The number of aryl methyl sites for hydroxylation is 1. The van der Waals surface area contributed by atoms with E-state index in [0.29, 0.717) is 0 Å². The van der Waals surface area contributed by atoms with Gasteiger partial charge in [0.05, 0.1) is 0 Å². The molecule has 0 aliphatic heterocycles. The van der Waals surface area contributed by atoms with Crippen molar-refractivity contribution in [2.75, 3.05) is 0 Å². The van der Waals surface area contributed by atoms with E-state index in [-0.39, 0.29) is 0 Å². The molecule has 0 saturated heterocycles. The summed E-state index contributed by atoms with van der Waals surface area (Å²) in [7, 11) is 0. The zero-order valence-corrected chi connectivity index (χ0v) is 7.59. The van der Waals surface area contributed by atoms with Gasteiger partial charge in [0, 0.05) is 0 Å². The van der Waals surface area contributed by atoms with Gasteiger partial charge in [0.1, 0.15) is 0 Å². The van der Waals surface area contributed by atoms with E-state index in [1.54, 1.807) is 0 Å². The molecule has 63 valence electrons. The van der Waals surface area contributed by atoms with E-state index in [2.05, 4.69) is 37.3 Å². The molecule has 0 heterocycles. The summed E-state index contributed by atoms with van der Waals surface area (Å²) in [5.74, 6) is 0. The van der Waals surface area contributed by atoms with Crippen molar-refractivity contribution in [2.45, 2.75) is 26.2 Å². The van der Waals surface area contributed by atoms with Crippen molar-refractivity contribution in [3.63, 3.8) is 0 Å². The minimum absolute atomic E-state index is 1.14. The Bertz CT molecular complexity index is 221. The maximum absolute atomic E-state index is 3.02. The maximum atomic E-state index is 3.02. The summed E-state index contributed by atoms with van der Waals surface area (Å²) in [4.78, 5) is 0. The highest BCUT2D eigenvalue weighted by atomic mass is 13.9. The van der Waals surface area contributed by atoms with Crippen molar-refractivity contribution in [3.05, 3.63) is 48.0 Å². The topological polar surface area (TPSA) is 0 Å². The van der Waals surface area contributed by atoms with Crippen LogP contribution in [0, 0.1) is 6.07 Å². The molecule has 12 heavy (non-hydrogen) atoms. The van der Waals surface area contributed by atoms with Gasteiger partial charge in [-0.05, 0) is 30.9 Å². The van der Waals surface area contributed by atoms with Gasteiger partial charge in [-0.2, -0.15) is 0 Å². The minimum Gasteiger partial charge on any atom is -0.0888 e. The van der Waals surface area contributed by atoms with Gasteiger partial charge in [0.15, 0.2) is 0 Å². The van der Waals surface area contributed by atoms with Crippen LogP contribution in [0.3, 0.4) is 0 Å². The van der Waals surface area contributed by atoms with E-state index in [4.69, 9.17) is 0 Å². The third kappa shape index (κ3) is 3.38. The van der Waals surface area contributed by atoms with Gasteiger partial charge in [0.25, 0.3) is 0 Å². The molecule has 0 bridgehead atoms. The highest BCUT2D eigenvalue weighted by Crippen LogP contribution is 2.02. The van der Waals surface area contributed by atoms with Crippen LogP contribution in [-0.4, -0.2) is 0 Å². The number of allylic oxidation sites excluding steroid dienone is 2. The summed E-state index contributed by atoms with van der Waals surface area (Å²) < 4.78 is 0. The molecule has 0 fully saturated rings. The predicted molar refractivity (Wildman–Crippen MR) is 53.0 cm³/mol. The molecule has 0 spiro atoms. The largest absolute Gasteiger partial charge is 0.0888 e. The second-order valence-electron chi connectivity index (χ2n) is 2.83. The molecule has 0 amide bonds. The highest BCUT2D eigenvalue weighted by Gasteiger charge is 1.87. The Kier molecular flexibility index (Phi) is 4.22. The lowest BCUT2D eigenvalue weighted by Crippen LogP contribution is -1.80. The van der Waals surface area contributed by atoms with Crippen molar-refractivity contribution in [3.8, 4) is 0 Å². The van der Waals surface area contributed by atoms with Gasteiger partial charge in [-0.1, -0.05) is 43.3 Å². The molecule has 1 radical (unpaired) electrons. The Morgan fingerprint density at radius 2 is 2.00 bits per heavy atom. The van der Waals surface area contributed by atoms with Crippen LogP contribution in [0.15, 0.2) is 36.4 Å². The number of rotatable bonds is 4.